The van der Waals surface area contributed by atoms with Crippen molar-refractivity contribution in [3.05, 3.63) is 34.8 Å². The molecule has 0 aromatic rings. The fourth-order valence-corrected chi connectivity index (χ4v) is 2.03. The second-order valence-electron chi connectivity index (χ2n) is 3.86. The molecule has 0 aromatic carbocycles. The van der Waals surface area contributed by atoms with E-state index < -0.39 is 46.1 Å². The molecule has 2 rings (SSSR count). The summed E-state index contributed by atoms with van der Waals surface area (Å²) in [5, 5.41) is 36.0. The number of nitriles is 2. The third-order valence-electron chi connectivity index (χ3n) is 2.90. The van der Waals surface area contributed by atoms with Crippen molar-refractivity contribution in [2.75, 3.05) is 0 Å². The van der Waals surface area contributed by atoms with Gasteiger partial charge in [-0.2, -0.15) is 10.5 Å². The van der Waals surface area contributed by atoms with E-state index in [-0.39, 0.29) is 0 Å². The molecule has 1 fully saturated rings. The molecule has 0 saturated heterocycles. The summed E-state index contributed by atoms with van der Waals surface area (Å²) in [5.74, 6) is -4.26. The van der Waals surface area contributed by atoms with Gasteiger partial charge in [-0.3, -0.25) is 9.59 Å². The maximum absolute atomic E-state index is 11.9. The summed E-state index contributed by atoms with van der Waals surface area (Å²) in [5.41, 5.74) is -0.995. The molecule has 0 heterocycles. The molecule has 0 spiro atoms. The fraction of sp³-hybridized carbons (Fsp3) is 0.167. The minimum absolute atomic E-state index is 0.454. The molecule has 6 nitrogen and oxygen atoms in total. The Hall–Kier alpha value is -2.86. The lowest BCUT2D eigenvalue weighted by atomic mass is 9.89. The number of fused-ring (bicyclic) bond motifs is 1. The zero-order chi connectivity index (χ0) is 13.4. The van der Waals surface area contributed by atoms with Crippen LogP contribution in [-0.2, 0) is 9.59 Å². The number of aliphatic hydroxyl groups excluding tert-OH is 2. The van der Waals surface area contributed by atoms with Crippen LogP contribution >= 0.6 is 0 Å². The molecule has 0 aliphatic heterocycles. The van der Waals surface area contributed by atoms with E-state index in [1.807, 2.05) is 0 Å². The number of nitrogens with zero attached hydrogens (tertiary/aromatic N) is 2. The predicted octanol–water partition coefficient (Wildman–Crippen LogP) is 0.612. The quantitative estimate of drug-likeness (QED) is 0.364. The maximum atomic E-state index is 11.9. The van der Waals surface area contributed by atoms with E-state index >= 15 is 0 Å². The van der Waals surface area contributed by atoms with Crippen molar-refractivity contribution in [3.63, 3.8) is 0 Å². The number of Topliss-reactive ketones (excluding diaryl/α,β-unsaturated/α-hetero) is 2. The van der Waals surface area contributed by atoms with Gasteiger partial charge >= 0.3 is 0 Å². The Morgan fingerprint density at radius 3 is 1.72 bits per heavy atom. The molecule has 0 radical (unpaired) electrons. The molecule has 1 saturated carbocycles. The Balaban J connectivity index is 2.61. The molecular formula is C12H6N2O4. The number of carbonyl (C=O) groups excluding carboxylic acids is 2. The van der Waals surface area contributed by atoms with Crippen LogP contribution in [0.3, 0.4) is 0 Å². The topological polar surface area (TPSA) is 122 Å². The average molecular weight is 242 g/mol. The number of ketones is 2. The van der Waals surface area contributed by atoms with E-state index in [1.165, 1.54) is 12.1 Å². The van der Waals surface area contributed by atoms with E-state index in [4.69, 9.17) is 10.5 Å². The van der Waals surface area contributed by atoms with Crippen LogP contribution in [0.15, 0.2) is 34.8 Å². The zero-order valence-corrected chi connectivity index (χ0v) is 8.91. The summed E-state index contributed by atoms with van der Waals surface area (Å²) in [7, 11) is 0. The molecule has 2 aliphatic carbocycles. The van der Waals surface area contributed by atoms with Gasteiger partial charge < -0.3 is 10.2 Å². The first kappa shape index (κ1) is 11.6. The summed E-state index contributed by atoms with van der Waals surface area (Å²) in [6.07, 6.45) is 2.11. The Morgan fingerprint density at radius 1 is 1.00 bits per heavy atom. The summed E-state index contributed by atoms with van der Waals surface area (Å²) in [4.78, 5) is 23.8. The van der Waals surface area contributed by atoms with Gasteiger partial charge in [0.05, 0.1) is 17.4 Å². The fourth-order valence-electron chi connectivity index (χ4n) is 2.03. The SMILES string of the molecule is N#CC(C#N)=C1C(=O)C2C=C(O)C(O)=CC2C1=O. The van der Waals surface area contributed by atoms with Gasteiger partial charge in [0.25, 0.3) is 0 Å². The third-order valence-corrected chi connectivity index (χ3v) is 2.90. The van der Waals surface area contributed by atoms with Crippen molar-refractivity contribution in [2.24, 2.45) is 11.8 Å². The smallest absolute Gasteiger partial charge is 0.176 e. The lowest BCUT2D eigenvalue weighted by molar-refractivity contribution is -0.117. The van der Waals surface area contributed by atoms with Gasteiger partial charge in [-0.05, 0) is 12.2 Å². The predicted molar refractivity (Wildman–Crippen MR) is 56.7 cm³/mol. The first-order valence-electron chi connectivity index (χ1n) is 4.96. The second kappa shape index (κ2) is 3.86. The molecule has 0 amide bonds. The van der Waals surface area contributed by atoms with Crippen LogP contribution in [0.5, 0.6) is 0 Å². The molecule has 88 valence electrons. The highest BCUT2D eigenvalue weighted by molar-refractivity contribution is 6.29. The minimum Gasteiger partial charge on any atom is -0.504 e. The minimum atomic E-state index is -0.958. The van der Waals surface area contributed by atoms with Crippen LogP contribution in [0.2, 0.25) is 0 Å². The number of allylic oxidation sites excluding steroid dienone is 4. The summed E-state index contributed by atoms with van der Waals surface area (Å²) < 4.78 is 0. The van der Waals surface area contributed by atoms with Crippen molar-refractivity contribution in [3.8, 4) is 12.1 Å². The molecule has 2 unspecified atom stereocenters. The standard InChI is InChI=1S/C12H6N2O4/c13-3-5(4-14)10-11(17)6-1-8(15)9(16)2-7(6)12(10)18/h1-2,6-7,15-16H. The van der Waals surface area contributed by atoms with E-state index in [2.05, 4.69) is 0 Å². The lowest BCUT2D eigenvalue weighted by Gasteiger charge is -2.14. The highest BCUT2D eigenvalue weighted by Crippen LogP contribution is 2.37. The van der Waals surface area contributed by atoms with E-state index in [0.29, 0.717) is 0 Å². The number of carbonyl (C=O) groups is 2. The lowest BCUT2D eigenvalue weighted by Crippen LogP contribution is -2.18. The van der Waals surface area contributed by atoms with Crippen LogP contribution in [-0.4, -0.2) is 21.8 Å². The van der Waals surface area contributed by atoms with Crippen LogP contribution < -0.4 is 0 Å². The summed E-state index contributed by atoms with van der Waals surface area (Å²) >= 11 is 0. The monoisotopic (exact) mass is 242 g/mol. The normalized spacial score (nSPS) is 25.8. The van der Waals surface area contributed by atoms with Crippen LogP contribution in [0.25, 0.3) is 0 Å². The molecule has 18 heavy (non-hydrogen) atoms. The van der Waals surface area contributed by atoms with Crippen molar-refractivity contribution in [1.29, 1.82) is 10.5 Å². The van der Waals surface area contributed by atoms with Crippen LogP contribution in [0, 0.1) is 34.5 Å². The van der Waals surface area contributed by atoms with Crippen molar-refractivity contribution >= 4 is 11.6 Å². The average Bonchev–Trinajstić information content (AvgIpc) is 2.57. The van der Waals surface area contributed by atoms with Gasteiger partial charge in [-0.1, -0.05) is 0 Å². The molecule has 2 atom stereocenters. The maximum Gasteiger partial charge on any atom is 0.176 e. The Morgan fingerprint density at radius 2 is 1.39 bits per heavy atom. The molecule has 6 heteroatoms. The highest BCUT2D eigenvalue weighted by Gasteiger charge is 2.47. The van der Waals surface area contributed by atoms with Crippen molar-refractivity contribution in [1.82, 2.24) is 0 Å². The zero-order valence-electron chi connectivity index (χ0n) is 8.91. The van der Waals surface area contributed by atoms with Crippen LogP contribution in [0.1, 0.15) is 0 Å². The largest absolute Gasteiger partial charge is 0.504 e. The van der Waals surface area contributed by atoms with Gasteiger partial charge in [0.15, 0.2) is 23.1 Å². The second-order valence-corrected chi connectivity index (χ2v) is 3.86. The number of hydrogen-bond acceptors (Lipinski definition) is 6. The first-order valence-corrected chi connectivity index (χ1v) is 4.96. The Bertz CT molecular complexity index is 586. The van der Waals surface area contributed by atoms with E-state index in [1.54, 1.807) is 0 Å². The van der Waals surface area contributed by atoms with Gasteiger partial charge in [-0.15, -0.1) is 0 Å². The van der Waals surface area contributed by atoms with Gasteiger partial charge in [0.1, 0.15) is 17.7 Å². The number of rotatable bonds is 0. The van der Waals surface area contributed by atoms with E-state index in [9.17, 15) is 19.8 Å². The van der Waals surface area contributed by atoms with Gasteiger partial charge in [0.2, 0.25) is 0 Å². The van der Waals surface area contributed by atoms with Gasteiger partial charge in [-0.25, -0.2) is 0 Å². The van der Waals surface area contributed by atoms with Gasteiger partial charge in [0, 0.05) is 0 Å². The Labute approximate surface area is 101 Å². The molecule has 2 N–H and O–H groups in total. The van der Waals surface area contributed by atoms with Crippen molar-refractivity contribution < 1.29 is 19.8 Å². The van der Waals surface area contributed by atoms with E-state index in [0.717, 1.165) is 12.2 Å². The molecule has 0 bridgehead atoms. The highest BCUT2D eigenvalue weighted by atomic mass is 16.3. The third kappa shape index (κ3) is 1.40. The molecule has 0 aromatic heterocycles. The van der Waals surface area contributed by atoms with Crippen molar-refractivity contribution in [2.45, 2.75) is 0 Å². The summed E-state index contributed by atoms with van der Waals surface area (Å²) in [6, 6.07) is 2.99. The number of hydrogen-bond donors (Lipinski definition) is 2. The molecular weight excluding hydrogens is 236 g/mol. The Kier molecular flexibility index (Phi) is 2.49. The summed E-state index contributed by atoms with van der Waals surface area (Å²) in [6.45, 7) is 0. The number of aliphatic hydroxyl groups is 2. The van der Waals surface area contributed by atoms with Crippen LogP contribution in [0.4, 0.5) is 0 Å². The molecule has 2 aliphatic rings. The first-order chi connectivity index (χ1) is 8.51.